The number of aryl methyl sites for hydroxylation is 3. The van der Waals surface area contributed by atoms with Crippen molar-refractivity contribution in [2.24, 2.45) is 7.05 Å². The highest BCUT2D eigenvalue weighted by Crippen LogP contribution is 2.30. The zero-order valence-electron chi connectivity index (χ0n) is 15.7. The maximum Gasteiger partial charge on any atom is 0.142 e. The van der Waals surface area contributed by atoms with Gasteiger partial charge in [-0.1, -0.05) is 0 Å². The molecule has 0 amide bonds. The molecule has 25 heavy (non-hydrogen) atoms. The van der Waals surface area contributed by atoms with Crippen LogP contribution in [0.3, 0.4) is 0 Å². The summed E-state index contributed by atoms with van der Waals surface area (Å²) < 4.78 is 1.92. The zero-order chi connectivity index (χ0) is 17.7. The van der Waals surface area contributed by atoms with Gasteiger partial charge in [-0.15, -0.1) is 0 Å². The molecule has 2 aromatic heterocycles. The van der Waals surface area contributed by atoms with Crippen LogP contribution in [0.5, 0.6) is 0 Å². The molecule has 0 saturated carbocycles. The Balaban J connectivity index is 1.77. The fraction of sp³-hybridized carbons (Fsp3) is 0.474. The summed E-state index contributed by atoms with van der Waals surface area (Å²) in [6, 6.07) is 4.51. The topological polar surface area (TPSA) is 53.0 Å². The molecule has 0 aliphatic carbocycles. The van der Waals surface area contributed by atoms with Crippen LogP contribution in [0.15, 0.2) is 12.1 Å². The molecule has 6 heteroatoms. The van der Waals surface area contributed by atoms with Crippen molar-refractivity contribution in [3.63, 3.8) is 0 Å². The van der Waals surface area contributed by atoms with Gasteiger partial charge in [-0.3, -0.25) is 4.68 Å². The van der Waals surface area contributed by atoms with Crippen LogP contribution in [-0.2, 0) is 7.05 Å². The number of aromatic nitrogens is 4. The van der Waals surface area contributed by atoms with Crippen LogP contribution in [-0.4, -0.2) is 57.9 Å². The van der Waals surface area contributed by atoms with Gasteiger partial charge in [-0.05, 0) is 45.5 Å². The molecule has 132 valence electrons. The molecule has 3 heterocycles. The first-order valence-corrected chi connectivity index (χ1v) is 8.88. The van der Waals surface area contributed by atoms with Crippen molar-refractivity contribution in [1.29, 1.82) is 0 Å². The van der Waals surface area contributed by atoms with Crippen molar-refractivity contribution in [1.82, 2.24) is 24.6 Å². The number of piperazine rings is 1. The number of hydrogen-bond donors (Lipinski definition) is 1. The molecule has 1 aliphatic heterocycles. The standard InChI is InChI=1S/C19H26N6/c1-12-10-15(25-8-6-23(4)7-9-25)11-16-18(12)21-19(20-16)17-13(2)22-24(5)14(17)3/h10-11H,6-9H2,1-5H3,(H,20,21). The molecular formula is C19H26N6. The summed E-state index contributed by atoms with van der Waals surface area (Å²) in [7, 11) is 4.16. The van der Waals surface area contributed by atoms with Gasteiger partial charge in [-0.2, -0.15) is 5.10 Å². The van der Waals surface area contributed by atoms with E-state index in [1.165, 1.54) is 11.3 Å². The van der Waals surface area contributed by atoms with Crippen molar-refractivity contribution in [3.8, 4) is 11.4 Å². The van der Waals surface area contributed by atoms with E-state index < -0.39 is 0 Å². The Morgan fingerprint density at radius 2 is 1.72 bits per heavy atom. The van der Waals surface area contributed by atoms with Gasteiger partial charge in [-0.25, -0.2) is 4.98 Å². The number of nitrogens with one attached hydrogen (secondary N) is 1. The van der Waals surface area contributed by atoms with Crippen molar-refractivity contribution < 1.29 is 0 Å². The summed E-state index contributed by atoms with van der Waals surface area (Å²) >= 11 is 0. The van der Waals surface area contributed by atoms with Gasteiger partial charge in [0.05, 0.1) is 22.3 Å². The fourth-order valence-electron chi connectivity index (χ4n) is 3.75. The van der Waals surface area contributed by atoms with Crippen molar-refractivity contribution in [2.75, 3.05) is 38.1 Å². The molecule has 1 saturated heterocycles. The second-order valence-corrected chi connectivity index (χ2v) is 7.20. The molecule has 4 rings (SSSR count). The third-order valence-corrected chi connectivity index (χ3v) is 5.38. The molecule has 1 aliphatic rings. The van der Waals surface area contributed by atoms with Gasteiger partial charge in [0.25, 0.3) is 0 Å². The lowest BCUT2D eigenvalue weighted by molar-refractivity contribution is 0.313. The third-order valence-electron chi connectivity index (χ3n) is 5.38. The largest absolute Gasteiger partial charge is 0.369 e. The Morgan fingerprint density at radius 3 is 2.36 bits per heavy atom. The summed E-state index contributed by atoms with van der Waals surface area (Å²) in [5.74, 6) is 0.914. The number of benzene rings is 1. The number of imidazole rings is 1. The van der Waals surface area contributed by atoms with E-state index in [9.17, 15) is 0 Å². The van der Waals surface area contributed by atoms with Crippen molar-refractivity contribution in [3.05, 3.63) is 29.1 Å². The summed E-state index contributed by atoms with van der Waals surface area (Å²) in [5, 5.41) is 4.52. The van der Waals surface area contributed by atoms with Crippen molar-refractivity contribution in [2.45, 2.75) is 20.8 Å². The van der Waals surface area contributed by atoms with Gasteiger partial charge >= 0.3 is 0 Å². The molecule has 6 nitrogen and oxygen atoms in total. The van der Waals surface area contributed by atoms with E-state index in [-0.39, 0.29) is 0 Å². The highest BCUT2D eigenvalue weighted by Gasteiger charge is 2.19. The predicted octanol–water partition coefficient (Wildman–Crippen LogP) is 2.64. The summed E-state index contributed by atoms with van der Waals surface area (Å²) in [5.41, 5.74) is 7.91. The number of nitrogens with zero attached hydrogens (tertiary/aromatic N) is 5. The second-order valence-electron chi connectivity index (χ2n) is 7.20. The Hall–Kier alpha value is -2.34. The lowest BCUT2D eigenvalue weighted by atomic mass is 10.1. The first-order chi connectivity index (χ1) is 11.9. The van der Waals surface area contributed by atoms with Crippen LogP contribution >= 0.6 is 0 Å². The minimum Gasteiger partial charge on any atom is -0.369 e. The maximum atomic E-state index is 4.88. The number of anilines is 1. The molecule has 3 aromatic rings. The van der Waals surface area contributed by atoms with Crippen LogP contribution in [0, 0.1) is 20.8 Å². The molecular weight excluding hydrogens is 312 g/mol. The zero-order valence-corrected chi connectivity index (χ0v) is 15.7. The number of hydrogen-bond acceptors (Lipinski definition) is 4. The van der Waals surface area contributed by atoms with Gasteiger partial charge in [0.15, 0.2) is 0 Å². The molecule has 0 atom stereocenters. The van der Waals surface area contributed by atoms with Crippen LogP contribution in [0.1, 0.15) is 17.0 Å². The highest BCUT2D eigenvalue weighted by atomic mass is 15.3. The Morgan fingerprint density at radius 1 is 1.00 bits per heavy atom. The molecule has 0 unspecified atom stereocenters. The highest BCUT2D eigenvalue weighted by molar-refractivity contribution is 5.86. The van der Waals surface area contributed by atoms with E-state index in [2.05, 4.69) is 52.9 Å². The van der Waals surface area contributed by atoms with E-state index in [0.717, 1.165) is 60.0 Å². The van der Waals surface area contributed by atoms with Crippen LogP contribution < -0.4 is 4.90 Å². The van der Waals surface area contributed by atoms with E-state index in [0.29, 0.717) is 0 Å². The predicted molar refractivity (Wildman–Crippen MR) is 102 cm³/mol. The quantitative estimate of drug-likeness (QED) is 0.780. The molecule has 0 radical (unpaired) electrons. The molecule has 1 N–H and O–H groups in total. The third kappa shape index (κ3) is 2.70. The number of aromatic amines is 1. The summed E-state index contributed by atoms with van der Waals surface area (Å²) in [6.07, 6.45) is 0. The number of likely N-dealkylation sites (N-methyl/N-ethyl adjacent to an activating group) is 1. The smallest absolute Gasteiger partial charge is 0.142 e. The molecule has 1 aromatic carbocycles. The van der Waals surface area contributed by atoms with E-state index >= 15 is 0 Å². The molecule has 0 spiro atoms. The van der Waals surface area contributed by atoms with Crippen LogP contribution in [0.25, 0.3) is 22.4 Å². The van der Waals surface area contributed by atoms with E-state index in [1.807, 2.05) is 18.7 Å². The minimum atomic E-state index is 0.914. The normalized spacial score (nSPS) is 16.1. The van der Waals surface area contributed by atoms with Crippen LogP contribution in [0.4, 0.5) is 5.69 Å². The number of rotatable bonds is 2. The van der Waals surface area contributed by atoms with Gasteiger partial charge in [0.1, 0.15) is 5.82 Å². The minimum absolute atomic E-state index is 0.914. The van der Waals surface area contributed by atoms with E-state index in [1.54, 1.807) is 0 Å². The SMILES string of the molecule is Cc1nn(C)c(C)c1-c1nc2c(C)cc(N3CCN(C)CC3)cc2[nH]1. The summed E-state index contributed by atoms with van der Waals surface area (Å²) in [4.78, 5) is 13.3. The first kappa shape index (κ1) is 16.1. The summed E-state index contributed by atoms with van der Waals surface area (Å²) in [6.45, 7) is 10.6. The first-order valence-electron chi connectivity index (χ1n) is 8.88. The molecule has 1 fully saturated rings. The Labute approximate surface area is 148 Å². The number of fused-ring (bicyclic) bond motifs is 1. The van der Waals surface area contributed by atoms with Gasteiger partial charge < -0.3 is 14.8 Å². The lowest BCUT2D eigenvalue weighted by Crippen LogP contribution is -2.44. The fourth-order valence-corrected chi connectivity index (χ4v) is 3.75. The monoisotopic (exact) mass is 338 g/mol. The second kappa shape index (κ2) is 5.88. The average Bonchev–Trinajstić information content (AvgIpc) is 3.09. The van der Waals surface area contributed by atoms with E-state index in [4.69, 9.17) is 4.98 Å². The maximum absolute atomic E-state index is 4.88. The lowest BCUT2D eigenvalue weighted by Gasteiger charge is -2.34. The van der Waals surface area contributed by atoms with Crippen molar-refractivity contribution >= 4 is 16.7 Å². The number of H-pyrrole nitrogens is 1. The Kier molecular flexibility index (Phi) is 3.80. The van der Waals surface area contributed by atoms with Gasteiger partial charge in [0, 0.05) is 44.6 Å². The molecule has 0 bridgehead atoms. The average molecular weight is 338 g/mol. The van der Waals surface area contributed by atoms with Crippen LogP contribution in [0.2, 0.25) is 0 Å². The van der Waals surface area contributed by atoms with Gasteiger partial charge in [0.2, 0.25) is 0 Å². The Bertz CT molecular complexity index is 927.